The van der Waals surface area contributed by atoms with Crippen molar-refractivity contribution in [1.29, 1.82) is 0 Å². The number of hydrogen-bond donors (Lipinski definition) is 2. The third-order valence-corrected chi connectivity index (χ3v) is 6.47. The van der Waals surface area contributed by atoms with E-state index >= 15 is 0 Å². The Labute approximate surface area is 127 Å². The molecule has 2 aliphatic rings. The third-order valence-electron chi connectivity index (χ3n) is 3.98. The van der Waals surface area contributed by atoms with Crippen LogP contribution >= 0.6 is 15.9 Å². The molecule has 1 aromatic heterocycles. The van der Waals surface area contributed by atoms with Gasteiger partial charge >= 0.3 is 0 Å². The second-order valence-corrected chi connectivity index (χ2v) is 8.40. The van der Waals surface area contributed by atoms with Crippen LogP contribution in [0.4, 0.5) is 0 Å². The van der Waals surface area contributed by atoms with Crippen molar-refractivity contribution in [2.45, 2.75) is 62.0 Å². The van der Waals surface area contributed by atoms with Crippen molar-refractivity contribution in [3.8, 4) is 0 Å². The molecule has 0 aromatic carbocycles. The van der Waals surface area contributed by atoms with Gasteiger partial charge in [-0.3, -0.25) is 0 Å². The van der Waals surface area contributed by atoms with Crippen LogP contribution in [0.1, 0.15) is 44.8 Å². The normalized spacial score (nSPS) is 21.7. The molecule has 0 unspecified atom stereocenters. The summed E-state index contributed by atoms with van der Waals surface area (Å²) in [6, 6.07) is 2.16. The van der Waals surface area contributed by atoms with Gasteiger partial charge in [-0.2, -0.15) is 0 Å². The molecule has 2 fully saturated rings. The van der Waals surface area contributed by atoms with Gasteiger partial charge in [-0.25, -0.2) is 13.1 Å². The minimum absolute atomic E-state index is 0.193. The van der Waals surface area contributed by atoms with E-state index in [1.165, 1.54) is 12.8 Å². The lowest BCUT2D eigenvalue weighted by Crippen LogP contribution is -2.50. The largest absolute Gasteiger partial charge is 0.452 e. The summed E-state index contributed by atoms with van der Waals surface area (Å²) >= 11 is 3.21. The fourth-order valence-corrected chi connectivity index (χ4v) is 4.85. The number of furan rings is 1. The Morgan fingerprint density at radius 3 is 2.70 bits per heavy atom. The molecular weight excluding hydrogens is 344 g/mol. The molecule has 2 N–H and O–H groups in total. The van der Waals surface area contributed by atoms with Gasteiger partial charge < -0.3 is 9.73 Å². The summed E-state index contributed by atoms with van der Waals surface area (Å²) in [6.45, 7) is 2.51. The van der Waals surface area contributed by atoms with E-state index < -0.39 is 10.0 Å². The first kappa shape index (κ1) is 14.6. The molecule has 0 radical (unpaired) electrons. The Morgan fingerprint density at radius 2 is 2.15 bits per heavy atom. The highest BCUT2D eigenvalue weighted by Crippen LogP contribution is 2.34. The van der Waals surface area contributed by atoms with E-state index in [1.54, 1.807) is 6.07 Å². The molecule has 1 heterocycles. The minimum atomic E-state index is -3.53. The zero-order chi connectivity index (χ0) is 14.4. The molecule has 0 atom stereocenters. The molecule has 0 saturated heterocycles. The van der Waals surface area contributed by atoms with E-state index in [-0.39, 0.29) is 15.1 Å². The van der Waals surface area contributed by atoms with Crippen molar-refractivity contribution in [1.82, 2.24) is 10.0 Å². The molecule has 0 aliphatic heterocycles. The molecule has 1 aromatic rings. The molecule has 7 heteroatoms. The Hall–Kier alpha value is -0.370. The van der Waals surface area contributed by atoms with Gasteiger partial charge in [0.25, 0.3) is 0 Å². The Kier molecular flexibility index (Phi) is 3.73. The average Bonchev–Trinajstić information content (AvgIpc) is 3.07. The van der Waals surface area contributed by atoms with Crippen LogP contribution in [0.3, 0.4) is 0 Å². The summed E-state index contributed by atoms with van der Waals surface area (Å²) in [5, 5.41) is 3.31. The zero-order valence-corrected chi connectivity index (χ0v) is 13.8. The van der Waals surface area contributed by atoms with Crippen molar-refractivity contribution in [3.05, 3.63) is 16.5 Å². The number of rotatable bonds is 6. The molecule has 5 nitrogen and oxygen atoms in total. The van der Waals surface area contributed by atoms with E-state index in [2.05, 4.69) is 26.0 Å². The van der Waals surface area contributed by atoms with Crippen LogP contribution in [0.2, 0.25) is 0 Å². The Morgan fingerprint density at radius 1 is 1.45 bits per heavy atom. The molecule has 20 heavy (non-hydrogen) atoms. The smallest absolute Gasteiger partial charge is 0.245 e. The molecule has 0 bridgehead atoms. The van der Waals surface area contributed by atoms with Gasteiger partial charge in [0.2, 0.25) is 10.0 Å². The van der Waals surface area contributed by atoms with Gasteiger partial charge in [0.1, 0.15) is 10.7 Å². The maximum Gasteiger partial charge on any atom is 0.245 e. The fourth-order valence-electron chi connectivity index (χ4n) is 2.39. The summed E-state index contributed by atoms with van der Waals surface area (Å²) in [7, 11) is -3.53. The summed E-state index contributed by atoms with van der Waals surface area (Å²) in [5.74, 6) is 0.642. The molecule has 0 spiro atoms. The van der Waals surface area contributed by atoms with E-state index in [0.717, 1.165) is 19.3 Å². The maximum absolute atomic E-state index is 12.4. The van der Waals surface area contributed by atoms with Gasteiger partial charge in [-0.05, 0) is 55.0 Å². The predicted octanol–water partition coefficient (Wildman–Crippen LogP) is 2.52. The highest BCUT2D eigenvalue weighted by Gasteiger charge is 2.37. The Balaban J connectivity index is 1.74. The van der Waals surface area contributed by atoms with Gasteiger partial charge in [-0.15, -0.1) is 0 Å². The van der Waals surface area contributed by atoms with Crippen LogP contribution in [0.5, 0.6) is 0 Å². The molecule has 3 rings (SSSR count). The van der Waals surface area contributed by atoms with Crippen LogP contribution in [0.25, 0.3) is 0 Å². The van der Waals surface area contributed by atoms with Gasteiger partial charge in [0.05, 0.1) is 6.54 Å². The fraction of sp³-hybridized carbons (Fsp3) is 0.692. The van der Waals surface area contributed by atoms with E-state index in [0.29, 0.717) is 18.3 Å². The highest BCUT2D eigenvalue weighted by atomic mass is 79.9. The summed E-state index contributed by atoms with van der Waals surface area (Å²) in [5.41, 5.74) is -0.304. The standard InChI is InChI=1S/C13H19BrN2O3S/c1-13(5-2-6-13)16-20(17,18)11-7-10(19-12(11)14)8-15-9-3-4-9/h7,9,15-16H,2-6,8H2,1H3. The predicted molar refractivity (Wildman–Crippen MR) is 78.8 cm³/mol. The summed E-state index contributed by atoms with van der Waals surface area (Å²) < 4.78 is 33.3. The first-order valence-electron chi connectivity index (χ1n) is 6.94. The van der Waals surface area contributed by atoms with Crippen molar-refractivity contribution in [2.75, 3.05) is 0 Å². The lowest BCUT2D eigenvalue weighted by atomic mass is 9.80. The lowest BCUT2D eigenvalue weighted by molar-refractivity contribution is 0.248. The summed E-state index contributed by atoms with van der Waals surface area (Å²) in [4.78, 5) is 0.193. The SMILES string of the molecule is CC1(NS(=O)(=O)c2cc(CNC3CC3)oc2Br)CCC1. The van der Waals surface area contributed by atoms with Gasteiger partial charge in [0, 0.05) is 17.6 Å². The van der Waals surface area contributed by atoms with Crippen LogP contribution in [0.15, 0.2) is 20.0 Å². The average molecular weight is 363 g/mol. The van der Waals surface area contributed by atoms with Crippen molar-refractivity contribution >= 4 is 26.0 Å². The third kappa shape index (κ3) is 3.10. The molecule has 0 amide bonds. The van der Waals surface area contributed by atoms with Crippen LogP contribution < -0.4 is 10.0 Å². The molecule has 112 valence electrons. The van der Waals surface area contributed by atoms with Crippen LogP contribution in [0, 0.1) is 0 Å². The van der Waals surface area contributed by atoms with Crippen LogP contribution in [-0.4, -0.2) is 20.0 Å². The quantitative estimate of drug-likeness (QED) is 0.815. The number of halogens is 1. The first-order chi connectivity index (χ1) is 9.38. The minimum Gasteiger partial charge on any atom is -0.452 e. The zero-order valence-electron chi connectivity index (χ0n) is 11.4. The highest BCUT2D eigenvalue weighted by molar-refractivity contribution is 9.10. The maximum atomic E-state index is 12.4. The second-order valence-electron chi connectivity index (χ2n) is 6.03. The van der Waals surface area contributed by atoms with Crippen LogP contribution in [-0.2, 0) is 16.6 Å². The van der Waals surface area contributed by atoms with Gasteiger partial charge in [-0.1, -0.05) is 0 Å². The van der Waals surface area contributed by atoms with Crippen molar-refractivity contribution in [2.24, 2.45) is 0 Å². The lowest BCUT2D eigenvalue weighted by Gasteiger charge is -2.38. The topological polar surface area (TPSA) is 71.3 Å². The number of hydrogen-bond acceptors (Lipinski definition) is 4. The monoisotopic (exact) mass is 362 g/mol. The molecular formula is C13H19BrN2O3S. The second kappa shape index (κ2) is 5.12. The van der Waals surface area contributed by atoms with E-state index in [9.17, 15) is 8.42 Å². The number of nitrogens with one attached hydrogen (secondary N) is 2. The summed E-state index contributed by atoms with van der Waals surface area (Å²) in [6.07, 6.45) is 5.22. The Bertz CT molecular complexity index is 603. The van der Waals surface area contributed by atoms with Gasteiger partial charge in [0.15, 0.2) is 4.67 Å². The van der Waals surface area contributed by atoms with E-state index in [1.807, 2.05) is 6.92 Å². The van der Waals surface area contributed by atoms with Crippen molar-refractivity contribution < 1.29 is 12.8 Å². The van der Waals surface area contributed by atoms with E-state index in [4.69, 9.17) is 4.42 Å². The number of sulfonamides is 1. The molecule has 2 saturated carbocycles. The van der Waals surface area contributed by atoms with Crippen molar-refractivity contribution in [3.63, 3.8) is 0 Å². The molecule has 2 aliphatic carbocycles. The first-order valence-corrected chi connectivity index (χ1v) is 9.21.